The van der Waals surface area contributed by atoms with Crippen molar-refractivity contribution < 1.29 is 0 Å². The predicted molar refractivity (Wildman–Crippen MR) is 118 cm³/mol. The molecular weight excluding hydrogens is 513 g/mol. The summed E-state index contributed by atoms with van der Waals surface area (Å²) >= 11 is 5.37. The third-order valence-corrected chi connectivity index (χ3v) is 22.7. The van der Waals surface area contributed by atoms with Crippen molar-refractivity contribution in [3.8, 4) is 0 Å². The molecule has 0 bridgehead atoms. The van der Waals surface area contributed by atoms with Crippen molar-refractivity contribution in [1.29, 1.82) is 0 Å². The summed E-state index contributed by atoms with van der Waals surface area (Å²) in [6, 6.07) is 33.0. The molecule has 0 saturated heterocycles. The molecule has 0 spiro atoms. The third-order valence-electron chi connectivity index (χ3n) is 4.11. The maximum absolute atomic E-state index is 2.79. The van der Waals surface area contributed by atoms with Crippen LogP contribution in [0.3, 0.4) is 0 Å². The Morgan fingerprint density at radius 3 is 1.05 bits per heavy atom. The fourth-order valence-electron chi connectivity index (χ4n) is 2.87. The van der Waals surface area contributed by atoms with E-state index in [0.717, 1.165) is 4.17 Å². The van der Waals surface area contributed by atoms with Crippen LogP contribution >= 0.6 is 48.9 Å². The molecule has 22 heavy (non-hydrogen) atoms. The number of halogens is 2. The summed E-state index contributed by atoms with van der Waals surface area (Å²) in [5, 5.41) is 4.34. The zero-order chi connectivity index (χ0) is 15.5. The van der Waals surface area contributed by atoms with Crippen LogP contribution in [0.25, 0.3) is 0 Å². The van der Waals surface area contributed by atoms with Gasteiger partial charge in [-0.3, -0.25) is 0 Å². The van der Waals surface area contributed by atoms with Crippen molar-refractivity contribution in [3.63, 3.8) is 0 Å². The van der Waals surface area contributed by atoms with E-state index in [1.807, 2.05) is 0 Å². The van der Waals surface area contributed by atoms with Crippen molar-refractivity contribution in [1.82, 2.24) is 0 Å². The van der Waals surface area contributed by atoms with Crippen molar-refractivity contribution >= 4 is 64.8 Å². The number of rotatable bonds is 4. The second-order valence-electron chi connectivity index (χ2n) is 5.31. The van der Waals surface area contributed by atoms with Crippen molar-refractivity contribution in [2.24, 2.45) is 0 Å². The number of alkyl halides is 1. The van der Waals surface area contributed by atoms with Gasteiger partial charge in [0.25, 0.3) is 0 Å². The molecule has 112 valence electrons. The minimum atomic E-state index is -2.44. The van der Waals surface area contributed by atoms with Crippen LogP contribution in [0.2, 0.25) is 0 Å². The van der Waals surface area contributed by atoms with E-state index in [2.05, 4.69) is 136 Å². The monoisotopic (exact) mass is 530 g/mol. The second kappa shape index (κ2) is 6.58. The number of hydrogen-bond acceptors (Lipinski definition) is 0. The van der Waals surface area contributed by atoms with E-state index in [9.17, 15) is 0 Å². The molecule has 3 rings (SSSR count). The van der Waals surface area contributed by atoms with E-state index in [4.69, 9.17) is 0 Å². The summed E-state index contributed by atoms with van der Waals surface area (Å²) < 4.78 is -1.36. The maximum atomic E-state index is 2.79. The number of hydrogen-bond donors (Lipinski definition) is 0. The van der Waals surface area contributed by atoms with E-state index in [1.54, 1.807) is 0 Å². The summed E-state index contributed by atoms with van der Waals surface area (Å²) in [4.78, 5) is 0. The molecule has 0 aliphatic carbocycles. The van der Waals surface area contributed by atoms with Crippen LogP contribution in [-0.4, -0.2) is 4.17 Å². The molecule has 0 nitrogen and oxygen atoms in total. The van der Waals surface area contributed by atoms with Gasteiger partial charge >= 0.3 is 160 Å². The van der Waals surface area contributed by atoms with E-state index in [1.165, 1.54) is 15.9 Å². The average molecular weight is 530 g/mol. The molecule has 0 aliphatic heterocycles. The Labute approximate surface area is 158 Å². The molecule has 0 N–H and O–H groups in total. The van der Waals surface area contributed by atoms with Gasteiger partial charge in [-0.15, -0.1) is 0 Å². The molecule has 0 atom stereocenters. The van der Waals surface area contributed by atoms with E-state index < -0.39 is 4.25 Å². The van der Waals surface area contributed by atoms with Gasteiger partial charge in [-0.25, -0.2) is 0 Å². The molecule has 0 saturated carbocycles. The normalized spacial score (nSPS) is 13.3. The molecule has 3 aromatic rings. The second-order valence-corrected chi connectivity index (χ2v) is 17.9. The summed E-state index contributed by atoms with van der Waals surface area (Å²) in [6.07, 6.45) is 0. The molecule has 0 aromatic heterocycles. The predicted octanol–water partition coefficient (Wildman–Crippen LogP) is 5.26. The van der Waals surface area contributed by atoms with E-state index in [0.29, 0.717) is 0 Å². The van der Waals surface area contributed by atoms with Crippen LogP contribution in [0.1, 0.15) is 0 Å². The topological polar surface area (TPSA) is 0 Å². The zero-order valence-electron chi connectivity index (χ0n) is 12.1. The Bertz CT molecular complexity index is 643. The van der Waals surface area contributed by atoms with Crippen LogP contribution in [0.4, 0.5) is 0 Å². The number of benzene rings is 3. The molecule has 3 aromatic carbocycles. The SMILES string of the molecule is ICP(I)(c1ccccc1)(c1ccccc1)c1ccccc1. The molecule has 0 radical (unpaired) electrons. The Morgan fingerprint density at radius 1 is 0.545 bits per heavy atom. The molecule has 0 amide bonds. The van der Waals surface area contributed by atoms with Crippen molar-refractivity contribution in [2.75, 3.05) is 4.17 Å². The first-order valence-electron chi connectivity index (χ1n) is 7.16. The standard InChI is InChI=1S/C19H17I2P/c20-16-22(21,17-10-4-1-5-11-17,18-12-6-2-7-13-18)19-14-8-3-9-15-19/h1-15H,16H2. The quantitative estimate of drug-likeness (QED) is 0.246. The summed E-state index contributed by atoms with van der Waals surface area (Å²) in [5.74, 6) is 0. The summed E-state index contributed by atoms with van der Waals surface area (Å²) in [7, 11) is 0. The fourth-order valence-corrected chi connectivity index (χ4v) is 13.0. The summed E-state index contributed by atoms with van der Waals surface area (Å²) in [6.45, 7) is 0. The van der Waals surface area contributed by atoms with Gasteiger partial charge in [-0.05, 0) is 0 Å². The van der Waals surface area contributed by atoms with Gasteiger partial charge in [0.1, 0.15) is 0 Å². The molecule has 0 unspecified atom stereocenters. The molecular formula is C19H17I2P. The van der Waals surface area contributed by atoms with Gasteiger partial charge in [0.15, 0.2) is 0 Å². The molecule has 0 fully saturated rings. The molecule has 0 aliphatic rings. The van der Waals surface area contributed by atoms with E-state index >= 15 is 0 Å². The summed E-state index contributed by atoms with van der Waals surface area (Å²) in [5.41, 5.74) is 0. The van der Waals surface area contributed by atoms with Crippen LogP contribution in [-0.2, 0) is 0 Å². The third kappa shape index (κ3) is 2.53. The average Bonchev–Trinajstić information content (AvgIpc) is 2.63. The minimum absolute atomic E-state index is 1.09. The van der Waals surface area contributed by atoms with Crippen LogP contribution < -0.4 is 15.9 Å². The Balaban J connectivity index is 2.41. The molecule has 3 heteroatoms. The fraction of sp³-hybridized carbons (Fsp3) is 0.0526. The molecule has 0 heterocycles. The Morgan fingerprint density at radius 2 is 0.818 bits per heavy atom. The Kier molecular flexibility index (Phi) is 4.91. The van der Waals surface area contributed by atoms with Gasteiger partial charge in [0, 0.05) is 0 Å². The van der Waals surface area contributed by atoms with Crippen molar-refractivity contribution in [3.05, 3.63) is 91.0 Å². The van der Waals surface area contributed by atoms with Crippen molar-refractivity contribution in [2.45, 2.75) is 0 Å². The van der Waals surface area contributed by atoms with Gasteiger partial charge in [0.2, 0.25) is 0 Å². The van der Waals surface area contributed by atoms with E-state index in [-0.39, 0.29) is 0 Å². The van der Waals surface area contributed by atoms with Gasteiger partial charge in [-0.1, -0.05) is 0 Å². The van der Waals surface area contributed by atoms with Gasteiger partial charge in [0.05, 0.1) is 0 Å². The zero-order valence-corrected chi connectivity index (χ0v) is 17.3. The van der Waals surface area contributed by atoms with Gasteiger partial charge in [-0.2, -0.15) is 0 Å². The van der Waals surface area contributed by atoms with Crippen LogP contribution in [0, 0.1) is 0 Å². The van der Waals surface area contributed by atoms with Crippen LogP contribution in [0.15, 0.2) is 91.0 Å². The first kappa shape index (κ1) is 16.4. The Hall–Kier alpha value is -0.450. The first-order chi connectivity index (χ1) is 10.7. The van der Waals surface area contributed by atoms with Crippen LogP contribution in [0.5, 0.6) is 0 Å². The van der Waals surface area contributed by atoms with Gasteiger partial charge < -0.3 is 0 Å². The first-order valence-corrected chi connectivity index (χ1v) is 13.9.